The maximum atomic E-state index is 5.10. The Kier molecular flexibility index (Phi) is 3.94. The van der Waals surface area contributed by atoms with Crippen LogP contribution in [-0.2, 0) is 0 Å². The molecule has 0 bridgehead atoms. The molecule has 0 aliphatic carbocycles. The number of aliphatic imine (C=N–C) groups is 1. The molecule has 0 aliphatic rings. The summed E-state index contributed by atoms with van der Waals surface area (Å²) < 4.78 is 0. The zero-order chi connectivity index (χ0) is 6.41. The first-order chi connectivity index (χ1) is 3.81. The Morgan fingerprint density at radius 2 is 2.38 bits per heavy atom. The maximum Gasteiger partial charge on any atom is 0.0364 e. The van der Waals surface area contributed by atoms with E-state index in [-0.39, 0.29) is 0 Å². The fourth-order valence-electron chi connectivity index (χ4n) is 0.441. The molecule has 2 nitrogen and oxygen atoms in total. The first kappa shape index (κ1) is 7.21. The Morgan fingerprint density at radius 3 is 2.75 bits per heavy atom. The van der Waals surface area contributed by atoms with Gasteiger partial charge in [-0.15, -0.1) is 0 Å². The van der Waals surface area contributed by atoms with Gasteiger partial charge >= 0.3 is 0 Å². The number of allylic oxidation sites excluding steroid dienone is 1. The van der Waals surface area contributed by atoms with Crippen molar-refractivity contribution in [3.63, 3.8) is 0 Å². The van der Waals surface area contributed by atoms with E-state index in [4.69, 9.17) is 5.73 Å². The van der Waals surface area contributed by atoms with E-state index in [9.17, 15) is 0 Å². The number of nitrogens with two attached hydrogens (primary N) is 1. The molecule has 0 atom stereocenters. The summed E-state index contributed by atoms with van der Waals surface area (Å²) in [6, 6.07) is 0. The van der Waals surface area contributed by atoms with Crippen LogP contribution < -0.4 is 5.73 Å². The molecular weight excluding hydrogens is 100 g/mol. The van der Waals surface area contributed by atoms with E-state index in [1.54, 1.807) is 6.08 Å². The molecule has 2 N–H and O–H groups in total. The van der Waals surface area contributed by atoms with Gasteiger partial charge in [0, 0.05) is 12.3 Å². The van der Waals surface area contributed by atoms with Crippen LogP contribution in [0.15, 0.2) is 17.3 Å². The highest BCUT2D eigenvalue weighted by Gasteiger charge is 1.75. The van der Waals surface area contributed by atoms with E-state index in [2.05, 4.69) is 4.99 Å². The van der Waals surface area contributed by atoms with Gasteiger partial charge in [0.15, 0.2) is 0 Å². The fraction of sp³-hybridized carbons (Fsp3) is 0.500. The molecule has 0 aliphatic heterocycles. The summed E-state index contributed by atoms with van der Waals surface area (Å²) in [6.45, 7) is 4.75. The number of nitrogens with zero attached hydrogens (tertiary/aromatic N) is 1. The van der Waals surface area contributed by atoms with Gasteiger partial charge in [0.2, 0.25) is 0 Å². The Bertz CT molecular complexity index is 103. The third-order valence-electron chi connectivity index (χ3n) is 0.745. The Morgan fingerprint density at radius 1 is 1.75 bits per heavy atom. The lowest BCUT2D eigenvalue weighted by Gasteiger charge is -1.85. The van der Waals surface area contributed by atoms with Crippen LogP contribution in [0.4, 0.5) is 0 Å². The number of hydrogen-bond donors (Lipinski definition) is 1. The van der Waals surface area contributed by atoms with E-state index in [1.807, 2.05) is 13.8 Å². The highest BCUT2D eigenvalue weighted by molar-refractivity contribution is 5.92. The van der Waals surface area contributed by atoms with Crippen LogP contribution in [0, 0.1) is 0 Å². The molecule has 0 amide bonds. The predicted molar refractivity (Wildman–Crippen MR) is 37.0 cm³/mol. The van der Waals surface area contributed by atoms with Crippen molar-refractivity contribution in [3.05, 3.63) is 12.3 Å². The molecule has 8 heavy (non-hydrogen) atoms. The van der Waals surface area contributed by atoms with Gasteiger partial charge in [0.25, 0.3) is 0 Å². The van der Waals surface area contributed by atoms with Crippen molar-refractivity contribution < 1.29 is 0 Å². The summed E-state index contributed by atoms with van der Waals surface area (Å²) in [5.41, 5.74) is 6.08. The van der Waals surface area contributed by atoms with Gasteiger partial charge in [-0.3, -0.25) is 4.99 Å². The molecule has 0 heterocycles. The van der Waals surface area contributed by atoms with Crippen molar-refractivity contribution in [2.24, 2.45) is 10.7 Å². The summed E-state index contributed by atoms with van der Waals surface area (Å²) in [5.74, 6) is 0. The molecule has 0 radical (unpaired) electrons. The molecule has 0 aromatic carbocycles. The van der Waals surface area contributed by atoms with E-state index in [0.717, 1.165) is 12.3 Å². The van der Waals surface area contributed by atoms with Crippen LogP contribution in [0.2, 0.25) is 0 Å². The van der Waals surface area contributed by atoms with Gasteiger partial charge in [-0.2, -0.15) is 0 Å². The van der Waals surface area contributed by atoms with Crippen molar-refractivity contribution in [2.75, 3.05) is 6.54 Å². The maximum absolute atomic E-state index is 5.10. The van der Waals surface area contributed by atoms with Crippen LogP contribution in [0.1, 0.15) is 13.8 Å². The third kappa shape index (κ3) is 3.40. The van der Waals surface area contributed by atoms with Crippen molar-refractivity contribution >= 4 is 5.71 Å². The molecule has 0 rings (SSSR count). The third-order valence-corrected chi connectivity index (χ3v) is 0.745. The summed E-state index contributed by atoms with van der Waals surface area (Å²) in [7, 11) is 0. The minimum Gasteiger partial charge on any atom is -0.405 e. The monoisotopic (exact) mass is 112 g/mol. The van der Waals surface area contributed by atoms with E-state index >= 15 is 0 Å². The molecule has 0 fully saturated rings. The highest BCUT2D eigenvalue weighted by Crippen LogP contribution is 1.77. The van der Waals surface area contributed by atoms with Gasteiger partial charge in [-0.1, -0.05) is 0 Å². The molecule has 0 aromatic heterocycles. The average molecular weight is 112 g/mol. The first-order valence-electron chi connectivity index (χ1n) is 2.70. The normalized spacial score (nSPS) is 13.0. The standard InChI is InChI=1S/C6H12N2/c1-3-8-6(2)4-5-7/h4-5H,3,7H2,1-2H3. The molecule has 0 aromatic rings. The van der Waals surface area contributed by atoms with Crippen molar-refractivity contribution in [3.8, 4) is 0 Å². The quantitative estimate of drug-likeness (QED) is 0.530. The molecule has 46 valence electrons. The van der Waals surface area contributed by atoms with Gasteiger partial charge in [-0.25, -0.2) is 0 Å². The molecule has 2 heteroatoms. The second-order valence-electron chi connectivity index (χ2n) is 1.47. The van der Waals surface area contributed by atoms with E-state index in [1.165, 1.54) is 6.20 Å². The SMILES string of the molecule is CCN=C(C)C=CN. The van der Waals surface area contributed by atoms with Crippen molar-refractivity contribution in [2.45, 2.75) is 13.8 Å². The molecule has 0 saturated heterocycles. The lowest BCUT2D eigenvalue weighted by atomic mass is 10.4. The average Bonchev–Trinajstić information content (AvgIpc) is 1.68. The Hall–Kier alpha value is -0.790. The van der Waals surface area contributed by atoms with Crippen LogP contribution in [0.3, 0.4) is 0 Å². The number of hydrogen-bond acceptors (Lipinski definition) is 2. The first-order valence-corrected chi connectivity index (χ1v) is 2.70. The highest BCUT2D eigenvalue weighted by atomic mass is 14.7. The molecule has 0 unspecified atom stereocenters. The van der Waals surface area contributed by atoms with Crippen LogP contribution in [-0.4, -0.2) is 12.3 Å². The zero-order valence-electron chi connectivity index (χ0n) is 5.39. The lowest BCUT2D eigenvalue weighted by molar-refractivity contribution is 1.13. The van der Waals surface area contributed by atoms with E-state index in [0.29, 0.717) is 0 Å². The van der Waals surface area contributed by atoms with Gasteiger partial charge < -0.3 is 5.73 Å². The second kappa shape index (κ2) is 4.37. The Labute approximate surface area is 50.1 Å². The number of rotatable bonds is 2. The predicted octanol–water partition coefficient (Wildman–Crippen LogP) is 0.940. The summed E-state index contributed by atoms with van der Waals surface area (Å²) in [6.07, 6.45) is 3.28. The van der Waals surface area contributed by atoms with Crippen molar-refractivity contribution in [1.29, 1.82) is 0 Å². The zero-order valence-corrected chi connectivity index (χ0v) is 5.39. The molecular formula is C6H12N2. The van der Waals surface area contributed by atoms with E-state index < -0.39 is 0 Å². The molecule has 0 spiro atoms. The molecule has 0 saturated carbocycles. The lowest BCUT2D eigenvalue weighted by Crippen LogP contribution is -1.87. The summed E-state index contributed by atoms with van der Waals surface area (Å²) in [4.78, 5) is 4.06. The van der Waals surface area contributed by atoms with Crippen LogP contribution >= 0.6 is 0 Å². The topological polar surface area (TPSA) is 38.4 Å². The minimum atomic E-state index is 0.830. The van der Waals surface area contributed by atoms with Gasteiger partial charge in [0.1, 0.15) is 0 Å². The fourth-order valence-corrected chi connectivity index (χ4v) is 0.441. The largest absolute Gasteiger partial charge is 0.405 e. The summed E-state index contributed by atoms with van der Waals surface area (Å²) in [5, 5.41) is 0. The minimum absolute atomic E-state index is 0.830. The van der Waals surface area contributed by atoms with Crippen LogP contribution in [0.25, 0.3) is 0 Å². The van der Waals surface area contributed by atoms with Crippen LogP contribution in [0.5, 0.6) is 0 Å². The smallest absolute Gasteiger partial charge is 0.0364 e. The van der Waals surface area contributed by atoms with Gasteiger partial charge in [0.05, 0.1) is 0 Å². The van der Waals surface area contributed by atoms with Crippen molar-refractivity contribution in [1.82, 2.24) is 0 Å². The summed E-state index contributed by atoms with van der Waals surface area (Å²) >= 11 is 0. The van der Waals surface area contributed by atoms with Gasteiger partial charge in [-0.05, 0) is 26.1 Å². The Balaban J connectivity index is 3.61. The second-order valence-corrected chi connectivity index (χ2v) is 1.47.